The van der Waals surface area contributed by atoms with Gasteiger partial charge in [0.2, 0.25) is 11.9 Å². The summed E-state index contributed by atoms with van der Waals surface area (Å²) in [6.45, 7) is 6.94. The summed E-state index contributed by atoms with van der Waals surface area (Å²) < 4.78 is 10.6. The van der Waals surface area contributed by atoms with Crippen molar-refractivity contribution in [2.24, 2.45) is 17.2 Å². The van der Waals surface area contributed by atoms with Gasteiger partial charge in [0.15, 0.2) is 23.0 Å². The third-order valence-corrected chi connectivity index (χ3v) is 12.0. The van der Waals surface area contributed by atoms with Crippen LogP contribution in [0.1, 0.15) is 67.4 Å². The number of nitrogens with zero attached hydrogens (tertiary/aromatic N) is 10. The summed E-state index contributed by atoms with van der Waals surface area (Å²) in [5.74, 6) is -0.550. The van der Waals surface area contributed by atoms with E-state index in [0.717, 1.165) is 32.2 Å². The van der Waals surface area contributed by atoms with Gasteiger partial charge in [0.1, 0.15) is 0 Å². The third kappa shape index (κ3) is 13.2. The van der Waals surface area contributed by atoms with Gasteiger partial charge >= 0.3 is 6.03 Å². The van der Waals surface area contributed by atoms with Crippen LogP contribution in [0.25, 0.3) is 0 Å². The molecule has 4 aliphatic rings. The molecule has 0 spiro atoms. The lowest BCUT2D eigenvalue weighted by atomic mass is 10.1. The van der Waals surface area contributed by atoms with Crippen molar-refractivity contribution in [3.05, 3.63) is 101 Å². The van der Waals surface area contributed by atoms with Crippen molar-refractivity contribution >= 4 is 70.3 Å². The van der Waals surface area contributed by atoms with Crippen LogP contribution in [0.15, 0.2) is 78.9 Å². The quantitative estimate of drug-likeness (QED) is 0.0941. The van der Waals surface area contributed by atoms with Crippen molar-refractivity contribution in [3.8, 4) is 0 Å². The molecular weight excluding hydrogens is 915 g/mol. The lowest BCUT2D eigenvalue weighted by Crippen LogP contribution is -2.49. The number of carbonyl (C=O) groups excluding carboxylic acids is 5. The summed E-state index contributed by atoms with van der Waals surface area (Å²) >= 11 is 0. The standard InChI is InChI=1S/C27H31N9O4.C20H26N8O3/c28-23(37)22-24(29-20-10-8-18(9-11-20)25(38)35-13-15-40-16-14-35)32-26(34-33-22)36-12-4-7-21(17-36)31-27(39)30-19-5-2-1-3-6-19;21-14-2-1-7-28(12-14)20-24-18(16(17(22)29)25-26-20)23-15-5-3-13(4-6-15)19(30)27-8-10-31-11-9-27/h1-3,5-6,8-11,21H,4,7,12-17H2,(H2,28,37)(H,29,32,34)(H2,30,31,39);3-6,14H,1-2,7-12,21H2,(H2,22,29)(H,23,24,26)/t21-;14-/m11/s1. The molecule has 24 nitrogen and oxygen atoms in total. The highest BCUT2D eigenvalue weighted by Gasteiger charge is 2.27. The van der Waals surface area contributed by atoms with E-state index in [1.807, 2.05) is 40.1 Å². The predicted molar refractivity (Wildman–Crippen MR) is 263 cm³/mol. The van der Waals surface area contributed by atoms with E-state index in [2.05, 4.69) is 51.6 Å². The summed E-state index contributed by atoms with van der Waals surface area (Å²) in [5, 5.41) is 28.2. The number of anilines is 7. The molecule has 0 saturated carbocycles. The maximum absolute atomic E-state index is 12.7. The van der Waals surface area contributed by atoms with Gasteiger partial charge in [-0.2, -0.15) is 9.97 Å². The Morgan fingerprint density at radius 1 is 0.549 bits per heavy atom. The molecule has 0 bridgehead atoms. The number of benzene rings is 3. The number of morpholine rings is 2. The summed E-state index contributed by atoms with van der Waals surface area (Å²) in [7, 11) is 0. The fourth-order valence-corrected chi connectivity index (χ4v) is 8.32. The fraction of sp³-hybridized carbons (Fsp3) is 0.383. The average molecular weight is 972 g/mol. The molecule has 4 fully saturated rings. The number of primary amides is 2. The highest BCUT2D eigenvalue weighted by molar-refractivity contribution is 5.98. The highest BCUT2D eigenvalue weighted by atomic mass is 16.5. The van der Waals surface area contributed by atoms with E-state index in [-0.39, 0.29) is 53.0 Å². The monoisotopic (exact) mass is 971 g/mol. The Hall–Kier alpha value is -8.09. The van der Waals surface area contributed by atoms with Gasteiger partial charge in [0, 0.05) is 92.6 Å². The first-order chi connectivity index (χ1) is 34.5. The summed E-state index contributed by atoms with van der Waals surface area (Å²) in [4.78, 5) is 78.1. The second kappa shape index (κ2) is 23.5. The molecule has 2 atom stereocenters. The maximum Gasteiger partial charge on any atom is 0.319 e. The molecule has 6 amide bonds. The molecule has 5 aromatic rings. The number of hydrogen-bond donors (Lipinski definition) is 7. The van der Waals surface area contributed by atoms with Gasteiger partial charge in [-0.05, 0) is 86.3 Å². The molecule has 372 valence electrons. The number of nitrogens with two attached hydrogens (primary N) is 3. The predicted octanol–water partition coefficient (Wildman–Crippen LogP) is 2.09. The maximum atomic E-state index is 12.7. The van der Waals surface area contributed by atoms with Crippen molar-refractivity contribution in [2.45, 2.75) is 37.8 Å². The SMILES string of the molecule is NC(=O)c1nnc(N2CCC[C@@H](N)C2)nc1Nc1ccc(C(=O)N2CCOCC2)cc1.NC(=O)c1nnc(N2CCC[C@@H](NC(=O)Nc3ccccc3)C2)nc1Nc1ccc(C(=O)N2CCOCC2)cc1. The van der Waals surface area contributed by atoms with E-state index in [9.17, 15) is 24.0 Å². The Kier molecular flexibility index (Phi) is 16.3. The molecular formula is C47H57N17O7. The van der Waals surface area contributed by atoms with Crippen LogP contribution >= 0.6 is 0 Å². The van der Waals surface area contributed by atoms with Gasteiger partial charge in [-0.1, -0.05) is 18.2 Å². The number of rotatable bonds is 12. The topological polar surface area (TPSA) is 320 Å². The van der Waals surface area contributed by atoms with Crippen molar-refractivity contribution in [2.75, 3.05) is 105 Å². The van der Waals surface area contributed by atoms with Crippen LogP contribution in [0.5, 0.6) is 0 Å². The molecule has 3 aromatic carbocycles. The molecule has 9 rings (SSSR count). The fourth-order valence-electron chi connectivity index (χ4n) is 8.32. The Morgan fingerprint density at radius 3 is 1.48 bits per heavy atom. The molecule has 71 heavy (non-hydrogen) atoms. The minimum atomic E-state index is -0.774. The summed E-state index contributed by atoms with van der Waals surface area (Å²) in [5.41, 5.74) is 19.9. The Morgan fingerprint density at radius 2 is 1.01 bits per heavy atom. The minimum Gasteiger partial charge on any atom is -0.378 e. The average Bonchev–Trinajstić information content (AvgIpc) is 3.39. The van der Waals surface area contributed by atoms with Gasteiger partial charge in [0.05, 0.1) is 26.4 Å². The number of nitrogens with one attached hydrogen (secondary N) is 4. The molecule has 4 aliphatic heterocycles. The van der Waals surface area contributed by atoms with E-state index >= 15 is 0 Å². The summed E-state index contributed by atoms with van der Waals surface area (Å²) in [6.07, 6.45) is 3.48. The lowest BCUT2D eigenvalue weighted by molar-refractivity contribution is 0.0301. The third-order valence-electron chi connectivity index (χ3n) is 12.0. The zero-order valence-electron chi connectivity index (χ0n) is 39.0. The zero-order valence-corrected chi connectivity index (χ0v) is 39.0. The molecule has 24 heteroatoms. The Labute approximate surface area is 409 Å². The molecule has 2 aromatic heterocycles. The highest BCUT2D eigenvalue weighted by Crippen LogP contribution is 2.25. The van der Waals surface area contributed by atoms with Crippen LogP contribution in [0.2, 0.25) is 0 Å². The molecule has 0 radical (unpaired) electrons. The number of piperidine rings is 2. The van der Waals surface area contributed by atoms with Crippen LogP contribution in [0, 0.1) is 0 Å². The number of hydrogen-bond acceptors (Lipinski definition) is 18. The molecule has 0 unspecified atom stereocenters. The minimum absolute atomic E-state index is 0.0416. The Bertz CT molecular complexity index is 2650. The van der Waals surface area contributed by atoms with Gasteiger partial charge in [-0.15, -0.1) is 20.4 Å². The first kappa shape index (κ1) is 49.3. The van der Waals surface area contributed by atoms with E-state index in [1.165, 1.54) is 0 Å². The number of aromatic nitrogens is 6. The van der Waals surface area contributed by atoms with Gasteiger partial charge in [-0.25, -0.2) is 4.79 Å². The van der Waals surface area contributed by atoms with Gasteiger partial charge < -0.3 is 67.5 Å². The number of amides is 6. The largest absolute Gasteiger partial charge is 0.378 e. The lowest BCUT2D eigenvalue weighted by Gasteiger charge is -2.33. The second-order valence-electron chi connectivity index (χ2n) is 17.2. The van der Waals surface area contributed by atoms with Crippen molar-refractivity contribution in [1.82, 2.24) is 45.5 Å². The number of urea groups is 1. The van der Waals surface area contributed by atoms with Crippen LogP contribution in [-0.4, -0.2) is 161 Å². The van der Waals surface area contributed by atoms with E-state index in [1.54, 1.807) is 58.3 Å². The van der Waals surface area contributed by atoms with Crippen molar-refractivity contribution in [3.63, 3.8) is 0 Å². The van der Waals surface area contributed by atoms with Crippen molar-refractivity contribution in [1.29, 1.82) is 0 Å². The van der Waals surface area contributed by atoms with E-state index < -0.39 is 11.8 Å². The molecule has 0 aliphatic carbocycles. The smallest absolute Gasteiger partial charge is 0.319 e. The molecule has 6 heterocycles. The van der Waals surface area contributed by atoms with Gasteiger partial charge in [0.25, 0.3) is 23.6 Å². The van der Waals surface area contributed by atoms with Crippen LogP contribution < -0.4 is 48.3 Å². The van der Waals surface area contributed by atoms with Crippen molar-refractivity contribution < 1.29 is 33.4 Å². The van der Waals surface area contributed by atoms with Gasteiger partial charge in [-0.3, -0.25) is 19.2 Å². The van der Waals surface area contributed by atoms with E-state index in [0.29, 0.717) is 112 Å². The van der Waals surface area contributed by atoms with Crippen LogP contribution in [0.4, 0.5) is 45.4 Å². The first-order valence-electron chi connectivity index (χ1n) is 23.4. The Balaban J connectivity index is 0.000000197. The number of carbonyl (C=O) groups is 5. The normalized spacial score (nSPS) is 18.0. The van der Waals surface area contributed by atoms with Crippen LogP contribution in [0.3, 0.4) is 0 Å². The molecule has 4 saturated heterocycles. The number of ether oxygens (including phenoxy) is 2. The molecule has 10 N–H and O–H groups in total. The second-order valence-corrected chi connectivity index (χ2v) is 17.2. The number of para-hydroxylation sites is 1. The first-order valence-corrected chi connectivity index (χ1v) is 23.4. The summed E-state index contributed by atoms with van der Waals surface area (Å²) in [6, 6.07) is 22.6. The zero-order chi connectivity index (χ0) is 49.7. The van der Waals surface area contributed by atoms with E-state index in [4.69, 9.17) is 26.7 Å². The van der Waals surface area contributed by atoms with Crippen LogP contribution in [-0.2, 0) is 9.47 Å².